The van der Waals surface area contributed by atoms with Crippen molar-refractivity contribution in [2.24, 2.45) is 0 Å². The number of likely N-dealkylation sites (N-methyl/N-ethyl adjacent to an activating group) is 1. The van der Waals surface area contributed by atoms with Crippen LogP contribution in [0.25, 0.3) is 0 Å². The third-order valence-electron chi connectivity index (χ3n) is 3.50. The summed E-state index contributed by atoms with van der Waals surface area (Å²) in [5, 5.41) is 11.7. The Morgan fingerprint density at radius 1 is 1.53 bits per heavy atom. The average molecular weight is 278 g/mol. The van der Waals surface area contributed by atoms with Crippen molar-refractivity contribution < 1.29 is 4.52 Å². The van der Waals surface area contributed by atoms with Crippen molar-refractivity contribution in [3.8, 4) is 0 Å². The van der Waals surface area contributed by atoms with E-state index in [1.807, 2.05) is 0 Å². The van der Waals surface area contributed by atoms with Crippen LogP contribution < -0.4 is 5.32 Å². The van der Waals surface area contributed by atoms with Crippen LogP contribution in [0.1, 0.15) is 23.3 Å². The third-order valence-corrected chi connectivity index (χ3v) is 4.23. The van der Waals surface area contributed by atoms with E-state index < -0.39 is 0 Å². The SMILES string of the molecule is CN1CCNCC1c1noc(CCc2ccsc2)n1. The minimum Gasteiger partial charge on any atom is -0.339 e. The summed E-state index contributed by atoms with van der Waals surface area (Å²) in [6.07, 6.45) is 1.78. The van der Waals surface area contributed by atoms with Crippen molar-refractivity contribution in [1.29, 1.82) is 0 Å². The molecule has 3 rings (SSSR count). The van der Waals surface area contributed by atoms with Crippen LogP contribution in [0.2, 0.25) is 0 Å². The first kappa shape index (κ1) is 12.8. The zero-order chi connectivity index (χ0) is 13.1. The zero-order valence-corrected chi connectivity index (χ0v) is 11.8. The lowest BCUT2D eigenvalue weighted by molar-refractivity contribution is 0.190. The van der Waals surface area contributed by atoms with Crippen LogP contribution in [0.4, 0.5) is 0 Å². The van der Waals surface area contributed by atoms with E-state index in [9.17, 15) is 0 Å². The standard InChI is InChI=1S/C13H18N4OS/c1-17-6-5-14-8-11(17)13-15-12(18-16-13)3-2-10-4-7-19-9-10/h4,7,9,11,14H,2-3,5-6,8H2,1H3. The lowest BCUT2D eigenvalue weighted by Crippen LogP contribution is -2.44. The van der Waals surface area contributed by atoms with Gasteiger partial charge in [-0.15, -0.1) is 0 Å². The fourth-order valence-corrected chi connectivity index (χ4v) is 2.99. The molecule has 0 bridgehead atoms. The molecule has 5 nitrogen and oxygen atoms in total. The van der Waals surface area contributed by atoms with Crippen molar-refractivity contribution in [3.05, 3.63) is 34.1 Å². The number of aryl methyl sites for hydroxylation is 2. The van der Waals surface area contributed by atoms with Crippen LogP contribution in [0, 0.1) is 0 Å². The van der Waals surface area contributed by atoms with E-state index in [0.29, 0.717) is 0 Å². The first-order chi connectivity index (χ1) is 9.33. The van der Waals surface area contributed by atoms with Crippen molar-refractivity contribution in [2.75, 3.05) is 26.7 Å². The summed E-state index contributed by atoms with van der Waals surface area (Å²) in [5.41, 5.74) is 1.33. The van der Waals surface area contributed by atoms with E-state index in [0.717, 1.165) is 44.2 Å². The Labute approximate surface area is 116 Å². The molecule has 0 saturated carbocycles. The van der Waals surface area contributed by atoms with E-state index in [-0.39, 0.29) is 6.04 Å². The summed E-state index contributed by atoms with van der Waals surface area (Å²) < 4.78 is 5.35. The van der Waals surface area contributed by atoms with Gasteiger partial charge in [0.2, 0.25) is 5.89 Å². The van der Waals surface area contributed by atoms with E-state index >= 15 is 0 Å². The lowest BCUT2D eigenvalue weighted by Gasteiger charge is -2.30. The molecule has 1 atom stereocenters. The maximum Gasteiger partial charge on any atom is 0.227 e. The second-order valence-electron chi connectivity index (χ2n) is 4.88. The lowest BCUT2D eigenvalue weighted by atomic mass is 10.2. The largest absolute Gasteiger partial charge is 0.339 e. The smallest absolute Gasteiger partial charge is 0.227 e. The molecule has 0 aromatic carbocycles. The highest BCUT2D eigenvalue weighted by atomic mass is 32.1. The van der Waals surface area contributed by atoms with Crippen molar-refractivity contribution in [3.63, 3.8) is 0 Å². The van der Waals surface area contributed by atoms with Crippen molar-refractivity contribution >= 4 is 11.3 Å². The van der Waals surface area contributed by atoms with Gasteiger partial charge >= 0.3 is 0 Å². The second kappa shape index (κ2) is 5.81. The van der Waals surface area contributed by atoms with Gasteiger partial charge in [-0.25, -0.2) is 0 Å². The highest BCUT2D eigenvalue weighted by Crippen LogP contribution is 2.18. The van der Waals surface area contributed by atoms with Crippen LogP contribution in [0.3, 0.4) is 0 Å². The highest BCUT2D eigenvalue weighted by molar-refractivity contribution is 7.07. The van der Waals surface area contributed by atoms with Gasteiger partial charge in [-0.3, -0.25) is 4.90 Å². The molecule has 1 N–H and O–H groups in total. The first-order valence-corrected chi connectivity index (χ1v) is 7.52. The second-order valence-corrected chi connectivity index (χ2v) is 5.66. The number of hydrogen-bond acceptors (Lipinski definition) is 6. The van der Waals surface area contributed by atoms with Gasteiger partial charge < -0.3 is 9.84 Å². The van der Waals surface area contributed by atoms with Crippen LogP contribution >= 0.6 is 11.3 Å². The van der Waals surface area contributed by atoms with Gasteiger partial charge in [-0.05, 0) is 35.9 Å². The molecule has 0 spiro atoms. The predicted molar refractivity (Wildman–Crippen MR) is 74.3 cm³/mol. The summed E-state index contributed by atoms with van der Waals surface area (Å²) in [6, 6.07) is 2.37. The molecule has 6 heteroatoms. The molecular formula is C13H18N4OS. The maximum absolute atomic E-state index is 5.35. The summed E-state index contributed by atoms with van der Waals surface area (Å²) in [6.45, 7) is 2.93. The minimum atomic E-state index is 0.229. The Morgan fingerprint density at radius 2 is 2.47 bits per heavy atom. The summed E-state index contributed by atoms with van der Waals surface area (Å²) in [5.74, 6) is 1.54. The summed E-state index contributed by atoms with van der Waals surface area (Å²) in [7, 11) is 2.10. The first-order valence-electron chi connectivity index (χ1n) is 6.57. The van der Waals surface area contributed by atoms with E-state index in [2.05, 4.69) is 44.2 Å². The fraction of sp³-hybridized carbons (Fsp3) is 0.538. The Balaban J connectivity index is 1.62. The Morgan fingerprint density at radius 3 is 3.26 bits per heavy atom. The van der Waals surface area contributed by atoms with Gasteiger partial charge in [0.1, 0.15) is 0 Å². The third kappa shape index (κ3) is 3.02. The number of hydrogen-bond donors (Lipinski definition) is 1. The predicted octanol–water partition coefficient (Wildman–Crippen LogP) is 1.49. The van der Waals surface area contributed by atoms with Gasteiger partial charge in [0.05, 0.1) is 6.04 Å². The van der Waals surface area contributed by atoms with Gasteiger partial charge in [0.15, 0.2) is 5.82 Å². The molecule has 1 aliphatic rings. The topological polar surface area (TPSA) is 54.2 Å². The molecule has 0 aliphatic carbocycles. The molecule has 0 radical (unpaired) electrons. The number of thiophene rings is 1. The normalized spacial score (nSPS) is 20.8. The molecule has 1 aliphatic heterocycles. The Kier molecular flexibility index (Phi) is 3.91. The van der Waals surface area contributed by atoms with Crippen LogP contribution in [0.5, 0.6) is 0 Å². The van der Waals surface area contributed by atoms with Crippen LogP contribution in [-0.2, 0) is 12.8 Å². The molecule has 19 heavy (non-hydrogen) atoms. The highest BCUT2D eigenvalue weighted by Gasteiger charge is 2.25. The monoisotopic (exact) mass is 278 g/mol. The van der Waals surface area contributed by atoms with Gasteiger partial charge in [0.25, 0.3) is 0 Å². The number of piperazine rings is 1. The Hall–Kier alpha value is -1.24. The number of nitrogens with zero attached hydrogens (tertiary/aromatic N) is 3. The quantitative estimate of drug-likeness (QED) is 0.918. The van der Waals surface area contributed by atoms with Crippen molar-refractivity contribution in [2.45, 2.75) is 18.9 Å². The summed E-state index contributed by atoms with van der Waals surface area (Å²) in [4.78, 5) is 6.80. The summed E-state index contributed by atoms with van der Waals surface area (Å²) >= 11 is 1.72. The van der Waals surface area contributed by atoms with E-state index in [4.69, 9.17) is 4.52 Å². The number of rotatable bonds is 4. The van der Waals surface area contributed by atoms with Gasteiger partial charge in [-0.2, -0.15) is 16.3 Å². The molecular weight excluding hydrogens is 260 g/mol. The van der Waals surface area contributed by atoms with Crippen LogP contribution in [-0.4, -0.2) is 41.7 Å². The number of nitrogens with one attached hydrogen (secondary N) is 1. The van der Waals surface area contributed by atoms with Crippen molar-refractivity contribution in [1.82, 2.24) is 20.4 Å². The van der Waals surface area contributed by atoms with E-state index in [1.165, 1.54) is 5.56 Å². The molecule has 1 fully saturated rings. The fourth-order valence-electron chi connectivity index (χ4n) is 2.29. The molecule has 0 amide bonds. The minimum absolute atomic E-state index is 0.229. The molecule has 3 heterocycles. The molecule has 1 unspecified atom stereocenters. The zero-order valence-electron chi connectivity index (χ0n) is 11.0. The molecule has 102 valence electrons. The Bertz CT molecular complexity index is 510. The van der Waals surface area contributed by atoms with E-state index in [1.54, 1.807) is 11.3 Å². The van der Waals surface area contributed by atoms with Crippen LogP contribution in [0.15, 0.2) is 21.3 Å². The van der Waals surface area contributed by atoms with Gasteiger partial charge in [0, 0.05) is 26.1 Å². The maximum atomic E-state index is 5.35. The molecule has 2 aromatic heterocycles. The average Bonchev–Trinajstić information content (AvgIpc) is 3.08. The van der Waals surface area contributed by atoms with Gasteiger partial charge in [-0.1, -0.05) is 5.16 Å². The number of aromatic nitrogens is 2. The molecule has 2 aromatic rings. The molecule has 1 saturated heterocycles.